The normalized spacial score (nSPS) is 12.2. The van der Waals surface area contributed by atoms with E-state index >= 15 is 0 Å². The minimum absolute atomic E-state index is 0.0765. The van der Waals surface area contributed by atoms with E-state index in [-0.39, 0.29) is 5.75 Å². The van der Waals surface area contributed by atoms with Crippen molar-refractivity contribution in [1.29, 1.82) is 0 Å². The topological polar surface area (TPSA) is 38.3 Å². The molecule has 0 spiro atoms. The van der Waals surface area contributed by atoms with Crippen molar-refractivity contribution in [3.8, 4) is 5.75 Å². The number of halogens is 2. The van der Waals surface area contributed by atoms with Gasteiger partial charge in [0.2, 0.25) is 0 Å². The minimum Gasteiger partial charge on any atom is -0.492 e. The van der Waals surface area contributed by atoms with E-state index in [9.17, 15) is 8.60 Å². The molecular weight excluding hydrogens is 297 g/mol. The highest BCUT2D eigenvalue weighted by molar-refractivity contribution is 9.10. The number of anilines is 1. The lowest BCUT2D eigenvalue weighted by Gasteiger charge is -2.11. The van der Waals surface area contributed by atoms with Gasteiger partial charge in [0.15, 0.2) is 11.6 Å². The SMILES string of the molecule is CCCS(=O)Nc1cc(Br)cc(F)c1OC. The fraction of sp³-hybridized carbons (Fsp3) is 0.400. The number of nitrogens with one attached hydrogen (secondary N) is 1. The van der Waals surface area contributed by atoms with E-state index in [2.05, 4.69) is 20.7 Å². The van der Waals surface area contributed by atoms with Gasteiger partial charge in [0.25, 0.3) is 0 Å². The van der Waals surface area contributed by atoms with Crippen LogP contribution in [-0.2, 0) is 11.0 Å². The van der Waals surface area contributed by atoms with Crippen molar-refractivity contribution in [1.82, 2.24) is 0 Å². The molecule has 1 aromatic carbocycles. The van der Waals surface area contributed by atoms with Crippen LogP contribution in [0.2, 0.25) is 0 Å². The number of ether oxygens (including phenoxy) is 1. The van der Waals surface area contributed by atoms with Crippen LogP contribution in [0.4, 0.5) is 10.1 Å². The number of rotatable bonds is 5. The molecule has 1 unspecified atom stereocenters. The maximum absolute atomic E-state index is 13.5. The zero-order valence-electron chi connectivity index (χ0n) is 9.05. The lowest BCUT2D eigenvalue weighted by Crippen LogP contribution is -2.09. The second kappa shape index (κ2) is 6.20. The third-order valence-corrected chi connectivity index (χ3v) is 3.51. The molecule has 0 radical (unpaired) electrons. The van der Waals surface area contributed by atoms with Crippen LogP contribution in [0.15, 0.2) is 16.6 Å². The number of hydrogen-bond acceptors (Lipinski definition) is 2. The molecule has 1 rings (SSSR count). The minimum atomic E-state index is -1.22. The quantitative estimate of drug-likeness (QED) is 0.907. The summed E-state index contributed by atoms with van der Waals surface area (Å²) in [6.07, 6.45) is 0.790. The van der Waals surface area contributed by atoms with Crippen molar-refractivity contribution >= 4 is 32.6 Å². The van der Waals surface area contributed by atoms with E-state index in [0.717, 1.165) is 6.42 Å². The van der Waals surface area contributed by atoms with Gasteiger partial charge in [-0.15, -0.1) is 0 Å². The van der Waals surface area contributed by atoms with Crippen molar-refractivity contribution < 1.29 is 13.3 Å². The number of benzene rings is 1. The lowest BCUT2D eigenvalue weighted by atomic mass is 10.3. The Hall–Kier alpha value is -0.620. The first-order chi connectivity index (χ1) is 7.58. The van der Waals surface area contributed by atoms with Gasteiger partial charge >= 0.3 is 0 Å². The highest BCUT2D eigenvalue weighted by atomic mass is 79.9. The predicted molar refractivity (Wildman–Crippen MR) is 67.6 cm³/mol. The van der Waals surface area contributed by atoms with Gasteiger partial charge in [-0.05, 0) is 18.6 Å². The van der Waals surface area contributed by atoms with Crippen molar-refractivity contribution in [2.45, 2.75) is 13.3 Å². The second-order valence-corrected chi connectivity index (χ2v) is 5.34. The van der Waals surface area contributed by atoms with E-state index in [1.54, 1.807) is 6.07 Å². The highest BCUT2D eigenvalue weighted by Crippen LogP contribution is 2.31. The summed E-state index contributed by atoms with van der Waals surface area (Å²) in [7, 11) is 0.158. The van der Waals surface area contributed by atoms with Crippen LogP contribution in [0.5, 0.6) is 5.75 Å². The highest BCUT2D eigenvalue weighted by Gasteiger charge is 2.12. The zero-order chi connectivity index (χ0) is 12.1. The summed E-state index contributed by atoms with van der Waals surface area (Å²) in [6, 6.07) is 2.93. The predicted octanol–water partition coefficient (Wildman–Crippen LogP) is 3.08. The van der Waals surface area contributed by atoms with Gasteiger partial charge in [0, 0.05) is 10.2 Å². The molecule has 0 aliphatic carbocycles. The number of methoxy groups -OCH3 is 1. The van der Waals surface area contributed by atoms with Gasteiger partial charge in [-0.3, -0.25) is 0 Å². The molecule has 0 saturated carbocycles. The molecule has 0 amide bonds. The van der Waals surface area contributed by atoms with E-state index in [0.29, 0.717) is 15.9 Å². The summed E-state index contributed by atoms with van der Waals surface area (Å²) >= 11 is 3.17. The molecule has 90 valence electrons. The van der Waals surface area contributed by atoms with Crippen molar-refractivity contribution in [2.75, 3.05) is 17.6 Å². The van der Waals surface area contributed by atoms with Gasteiger partial charge in [-0.2, -0.15) is 0 Å². The van der Waals surface area contributed by atoms with Crippen LogP contribution in [0.25, 0.3) is 0 Å². The van der Waals surface area contributed by atoms with Crippen LogP contribution in [-0.4, -0.2) is 17.1 Å². The molecule has 1 aromatic rings. The molecule has 0 bridgehead atoms. The Morgan fingerprint density at radius 3 is 2.81 bits per heavy atom. The molecule has 0 saturated heterocycles. The molecule has 0 aliphatic heterocycles. The Bertz CT molecular complexity index is 401. The summed E-state index contributed by atoms with van der Waals surface area (Å²) in [5.41, 5.74) is 0.390. The average molecular weight is 310 g/mol. The van der Waals surface area contributed by atoms with Crippen LogP contribution < -0.4 is 9.46 Å². The Labute approximate surface area is 105 Å². The summed E-state index contributed by atoms with van der Waals surface area (Å²) < 4.78 is 33.2. The smallest absolute Gasteiger partial charge is 0.178 e. The fourth-order valence-corrected chi connectivity index (χ4v) is 2.50. The Morgan fingerprint density at radius 2 is 2.25 bits per heavy atom. The lowest BCUT2D eigenvalue weighted by molar-refractivity contribution is 0.388. The molecule has 1 N–H and O–H groups in total. The number of hydrogen-bond donors (Lipinski definition) is 1. The van der Waals surface area contributed by atoms with Crippen LogP contribution in [0.1, 0.15) is 13.3 Å². The van der Waals surface area contributed by atoms with Gasteiger partial charge in [0.1, 0.15) is 11.0 Å². The van der Waals surface area contributed by atoms with E-state index in [4.69, 9.17) is 4.74 Å². The Kier molecular flexibility index (Phi) is 5.21. The Balaban J connectivity index is 2.97. The van der Waals surface area contributed by atoms with E-state index < -0.39 is 16.8 Å². The maximum atomic E-state index is 13.5. The first kappa shape index (κ1) is 13.4. The second-order valence-electron chi connectivity index (χ2n) is 3.12. The summed E-state index contributed by atoms with van der Waals surface area (Å²) in [4.78, 5) is 0. The summed E-state index contributed by atoms with van der Waals surface area (Å²) in [5.74, 6) is 0.0950. The molecular formula is C10H13BrFNO2S. The third kappa shape index (κ3) is 3.45. The molecule has 6 heteroatoms. The fourth-order valence-electron chi connectivity index (χ4n) is 1.20. The maximum Gasteiger partial charge on any atom is 0.178 e. The molecule has 0 aromatic heterocycles. The summed E-state index contributed by atoms with van der Waals surface area (Å²) in [6.45, 7) is 1.93. The largest absolute Gasteiger partial charge is 0.492 e. The van der Waals surface area contributed by atoms with Gasteiger partial charge in [-0.1, -0.05) is 22.9 Å². The standard InChI is InChI=1S/C10H13BrFNO2S/c1-3-4-16(14)13-9-6-7(11)5-8(12)10(9)15-2/h5-6,13H,3-4H2,1-2H3. The molecule has 0 heterocycles. The third-order valence-electron chi connectivity index (χ3n) is 1.83. The van der Waals surface area contributed by atoms with Crippen LogP contribution >= 0.6 is 15.9 Å². The molecule has 0 fully saturated rings. The molecule has 0 aliphatic rings. The first-order valence-corrected chi connectivity index (χ1v) is 6.87. The van der Waals surface area contributed by atoms with Gasteiger partial charge < -0.3 is 9.46 Å². The molecule has 3 nitrogen and oxygen atoms in total. The zero-order valence-corrected chi connectivity index (χ0v) is 11.5. The van der Waals surface area contributed by atoms with E-state index in [1.165, 1.54) is 13.2 Å². The molecule has 1 atom stereocenters. The van der Waals surface area contributed by atoms with Crippen LogP contribution in [0.3, 0.4) is 0 Å². The Morgan fingerprint density at radius 1 is 1.56 bits per heavy atom. The van der Waals surface area contributed by atoms with Gasteiger partial charge in [0.05, 0.1) is 12.8 Å². The van der Waals surface area contributed by atoms with Crippen molar-refractivity contribution in [3.63, 3.8) is 0 Å². The average Bonchev–Trinajstić information content (AvgIpc) is 2.17. The monoisotopic (exact) mass is 309 g/mol. The van der Waals surface area contributed by atoms with Crippen molar-refractivity contribution in [2.24, 2.45) is 0 Å². The van der Waals surface area contributed by atoms with E-state index in [1.807, 2.05) is 6.92 Å². The van der Waals surface area contributed by atoms with Crippen molar-refractivity contribution in [3.05, 3.63) is 22.4 Å². The summed E-state index contributed by atoms with van der Waals surface area (Å²) in [5, 5.41) is 0. The van der Waals surface area contributed by atoms with Crippen LogP contribution in [0, 0.1) is 5.82 Å². The molecule has 16 heavy (non-hydrogen) atoms. The first-order valence-electron chi connectivity index (χ1n) is 4.76. The van der Waals surface area contributed by atoms with Gasteiger partial charge in [-0.25, -0.2) is 8.60 Å².